The summed E-state index contributed by atoms with van der Waals surface area (Å²) in [5, 5.41) is 9.89. The van der Waals surface area contributed by atoms with Crippen molar-refractivity contribution < 1.29 is 14.3 Å². The maximum Gasteiger partial charge on any atom is 0.267 e. The number of hydrogen-bond acceptors (Lipinski definition) is 6. The first-order valence-electron chi connectivity index (χ1n) is 10.00. The number of carbonyl (C=O) groups is 2. The smallest absolute Gasteiger partial charge is 0.267 e. The Morgan fingerprint density at radius 3 is 2.80 bits per heavy atom. The summed E-state index contributed by atoms with van der Waals surface area (Å²) in [5.74, 6) is 0.129. The topological polar surface area (TPSA) is 86.3 Å². The van der Waals surface area contributed by atoms with Crippen LogP contribution in [0.4, 0.5) is 5.69 Å². The number of anilines is 1. The van der Waals surface area contributed by atoms with Crippen LogP contribution in [0.5, 0.6) is 5.75 Å². The number of nitrogens with zero attached hydrogens (tertiary/aromatic N) is 3. The second-order valence-corrected chi connectivity index (χ2v) is 7.34. The average Bonchev–Trinajstić information content (AvgIpc) is 3.21. The molecule has 0 saturated carbocycles. The molecule has 2 aliphatic heterocycles. The second-order valence-electron chi connectivity index (χ2n) is 7.34. The van der Waals surface area contributed by atoms with Crippen molar-refractivity contribution in [2.75, 3.05) is 19.0 Å². The maximum atomic E-state index is 12.9. The molecule has 2 aromatic carbocycles. The Labute approximate surface area is 175 Å². The van der Waals surface area contributed by atoms with E-state index in [9.17, 15) is 9.59 Å². The molecule has 0 radical (unpaired) electrons. The summed E-state index contributed by atoms with van der Waals surface area (Å²) in [4.78, 5) is 25.3. The van der Waals surface area contributed by atoms with E-state index in [1.54, 1.807) is 42.7 Å². The second kappa shape index (κ2) is 8.54. The Kier molecular flexibility index (Phi) is 5.67. The average molecular weight is 407 g/mol. The molecular formula is C22H25N5O3. The van der Waals surface area contributed by atoms with Gasteiger partial charge in [0.15, 0.2) is 0 Å². The molecule has 2 atom stereocenters. The molecule has 0 bridgehead atoms. The zero-order valence-electron chi connectivity index (χ0n) is 17.0. The summed E-state index contributed by atoms with van der Waals surface area (Å²) in [7, 11) is 1.56. The van der Waals surface area contributed by atoms with Gasteiger partial charge in [0.05, 0.1) is 13.2 Å². The fraction of sp³-hybridized carbons (Fsp3) is 0.318. The van der Waals surface area contributed by atoms with Gasteiger partial charge in [-0.25, -0.2) is 10.4 Å². The molecule has 8 nitrogen and oxygen atoms in total. The van der Waals surface area contributed by atoms with Gasteiger partial charge in [-0.3, -0.25) is 14.6 Å². The molecule has 8 heteroatoms. The van der Waals surface area contributed by atoms with Gasteiger partial charge < -0.3 is 10.1 Å². The number of aryl methyl sites for hydroxylation is 1. The van der Waals surface area contributed by atoms with Crippen LogP contribution in [0.25, 0.3) is 0 Å². The number of rotatable bonds is 6. The van der Waals surface area contributed by atoms with Crippen molar-refractivity contribution in [1.82, 2.24) is 15.4 Å². The van der Waals surface area contributed by atoms with E-state index < -0.39 is 0 Å². The van der Waals surface area contributed by atoms with E-state index in [2.05, 4.69) is 47.0 Å². The monoisotopic (exact) mass is 407 g/mol. The van der Waals surface area contributed by atoms with E-state index in [0.717, 1.165) is 12.0 Å². The highest BCUT2D eigenvalue weighted by molar-refractivity contribution is 5.96. The third kappa shape index (κ3) is 4.13. The summed E-state index contributed by atoms with van der Waals surface area (Å²) >= 11 is 0. The summed E-state index contributed by atoms with van der Waals surface area (Å²) in [5.41, 5.74) is 6.34. The van der Waals surface area contributed by atoms with Crippen LogP contribution in [-0.4, -0.2) is 47.9 Å². The molecular weight excluding hydrogens is 382 g/mol. The molecule has 2 aliphatic rings. The predicted molar refractivity (Wildman–Crippen MR) is 114 cm³/mol. The first kappa shape index (κ1) is 19.9. The van der Waals surface area contributed by atoms with E-state index in [1.165, 1.54) is 10.6 Å². The van der Waals surface area contributed by atoms with Gasteiger partial charge in [-0.1, -0.05) is 37.3 Å². The lowest BCUT2D eigenvalue weighted by Gasteiger charge is -2.29. The van der Waals surface area contributed by atoms with Gasteiger partial charge in [-0.2, -0.15) is 5.10 Å². The predicted octanol–water partition coefficient (Wildman–Crippen LogP) is 2.30. The fourth-order valence-corrected chi connectivity index (χ4v) is 3.69. The number of hydrazone groups is 1. The van der Waals surface area contributed by atoms with Crippen LogP contribution in [0.15, 0.2) is 53.6 Å². The minimum atomic E-state index is -0.386. The number of hydrogen-bond donors (Lipinski definition) is 2. The van der Waals surface area contributed by atoms with E-state index in [-0.39, 0.29) is 30.4 Å². The lowest BCUT2D eigenvalue weighted by Crippen LogP contribution is -2.52. The lowest BCUT2D eigenvalue weighted by atomic mass is 9.99. The van der Waals surface area contributed by atoms with E-state index in [0.29, 0.717) is 17.9 Å². The summed E-state index contributed by atoms with van der Waals surface area (Å²) in [6.45, 7) is 1.98. The largest absolute Gasteiger partial charge is 0.497 e. The van der Waals surface area contributed by atoms with Crippen LogP contribution in [-0.2, 0) is 16.0 Å². The Morgan fingerprint density at radius 2 is 2.07 bits per heavy atom. The Morgan fingerprint density at radius 1 is 1.27 bits per heavy atom. The number of benzene rings is 2. The molecule has 4 rings (SSSR count). The number of ether oxygens (including phenoxy) is 1. The summed E-state index contributed by atoms with van der Waals surface area (Å²) < 4.78 is 5.16. The zero-order valence-corrected chi connectivity index (χ0v) is 17.0. The quantitative estimate of drug-likeness (QED) is 0.767. The normalized spacial score (nSPS) is 20.3. The van der Waals surface area contributed by atoms with Crippen molar-refractivity contribution in [3.63, 3.8) is 0 Å². The van der Waals surface area contributed by atoms with Crippen LogP contribution in [0.2, 0.25) is 0 Å². The number of carbonyl (C=O) groups excluding carboxylic acids is 2. The highest BCUT2D eigenvalue weighted by Crippen LogP contribution is 2.29. The molecule has 156 valence electrons. The van der Waals surface area contributed by atoms with Crippen molar-refractivity contribution in [1.29, 1.82) is 0 Å². The highest BCUT2D eigenvalue weighted by Gasteiger charge is 2.41. The van der Waals surface area contributed by atoms with Gasteiger partial charge in [0.25, 0.3) is 5.91 Å². The molecule has 2 amide bonds. The summed E-state index contributed by atoms with van der Waals surface area (Å²) in [6.07, 6.45) is 3.18. The molecule has 2 aromatic rings. The molecule has 2 N–H and O–H groups in total. The zero-order chi connectivity index (χ0) is 21.1. The fourth-order valence-electron chi connectivity index (χ4n) is 3.69. The number of amides is 2. The molecule has 2 heterocycles. The molecule has 2 unspecified atom stereocenters. The molecule has 30 heavy (non-hydrogen) atoms. The van der Waals surface area contributed by atoms with Gasteiger partial charge in [-0.15, -0.1) is 0 Å². The number of fused-ring (bicyclic) bond motifs is 1. The number of nitrogens with one attached hydrogen (secondary N) is 2. The van der Waals surface area contributed by atoms with Crippen molar-refractivity contribution in [3.05, 3.63) is 59.7 Å². The van der Waals surface area contributed by atoms with Crippen molar-refractivity contribution >= 4 is 23.8 Å². The van der Waals surface area contributed by atoms with Crippen LogP contribution >= 0.6 is 0 Å². The van der Waals surface area contributed by atoms with E-state index >= 15 is 0 Å². The van der Waals surface area contributed by atoms with Gasteiger partial charge in [0.1, 0.15) is 24.7 Å². The van der Waals surface area contributed by atoms with Crippen molar-refractivity contribution in [2.45, 2.75) is 31.8 Å². The maximum absolute atomic E-state index is 12.9. The first-order valence-corrected chi connectivity index (χ1v) is 10.00. The third-order valence-corrected chi connectivity index (χ3v) is 5.39. The van der Waals surface area contributed by atoms with Gasteiger partial charge in [-0.05, 0) is 36.1 Å². The van der Waals surface area contributed by atoms with E-state index in [1.807, 2.05) is 0 Å². The van der Waals surface area contributed by atoms with Crippen molar-refractivity contribution in [2.24, 2.45) is 5.10 Å². The van der Waals surface area contributed by atoms with Crippen LogP contribution in [0.1, 0.15) is 30.5 Å². The van der Waals surface area contributed by atoms with Crippen LogP contribution in [0, 0.1) is 0 Å². The number of methoxy groups -OCH3 is 1. The molecule has 0 aromatic heterocycles. The van der Waals surface area contributed by atoms with Crippen LogP contribution < -0.4 is 15.5 Å². The lowest BCUT2D eigenvalue weighted by molar-refractivity contribution is -0.139. The minimum Gasteiger partial charge on any atom is -0.497 e. The SMILES string of the molecule is CCc1ccc(C2CC3C(=O)N(CC(=O)Nc4cccc(OC)c4)N=CN3N2)cc1. The molecule has 0 spiro atoms. The Hall–Kier alpha value is -3.39. The highest BCUT2D eigenvalue weighted by atomic mass is 16.5. The van der Waals surface area contributed by atoms with Gasteiger partial charge in [0.2, 0.25) is 5.91 Å². The molecule has 1 saturated heterocycles. The molecule has 1 fully saturated rings. The Bertz CT molecular complexity index is 960. The van der Waals surface area contributed by atoms with Crippen molar-refractivity contribution in [3.8, 4) is 5.75 Å². The first-order chi connectivity index (χ1) is 14.6. The Balaban J connectivity index is 1.38. The standard InChI is InChI=1S/C22H25N5O3/c1-3-15-7-9-16(10-8-15)19-12-20-22(29)26(23-14-27(20)25-19)13-21(28)24-17-5-4-6-18(11-17)30-2/h4-11,14,19-20,25H,3,12-13H2,1-2H3,(H,24,28). The third-order valence-electron chi connectivity index (χ3n) is 5.39. The summed E-state index contributed by atoms with van der Waals surface area (Å²) in [6, 6.07) is 15.1. The van der Waals surface area contributed by atoms with Gasteiger partial charge >= 0.3 is 0 Å². The van der Waals surface area contributed by atoms with Gasteiger partial charge in [0, 0.05) is 11.8 Å². The van der Waals surface area contributed by atoms with Crippen LogP contribution in [0.3, 0.4) is 0 Å². The van der Waals surface area contributed by atoms with E-state index in [4.69, 9.17) is 4.74 Å². The molecule has 0 aliphatic carbocycles. The minimum absolute atomic E-state index is 0.0295. The number of hydrazine groups is 1.